The van der Waals surface area contributed by atoms with Gasteiger partial charge >= 0.3 is 0 Å². The maximum atomic E-state index is 5.76. The number of ether oxygens (including phenoxy) is 2. The smallest absolute Gasteiger partial charge is 0.163 e. The molecular weight excluding hydrogens is 274 g/mol. The molecule has 0 saturated carbocycles. The van der Waals surface area contributed by atoms with E-state index in [1.54, 1.807) is 0 Å². The molecule has 0 saturated heterocycles. The second kappa shape index (κ2) is 4.42. The van der Waals surface area contributed by atoms with Crippen molar-refractivity contribution in [2.45, 2.75) is 6.42 Å². The molecule has 1 aliphatic heterocycles. The van der Waals surface area contributed by atoms with Gasteiger partial charge in [0.25, 0.3) is 0 Å². The van der Waals surface area contributed by atoms with Crippen molar-refractivity contribution < 1.29 is 9.47 Å². The van der Waals surface area contributed by atoms with Gasteiger partial charge in [0.1, 0.15) is 5.82 Å². The highest BCUT2D eigenvalue weighted by Gasteiger charge is 2.15. The number of nitrogens with two attached hydrogens (primary N) is 1. The highest BCUT2D eigenvalue weighted by atomic mass is 32.1. The van der Waals surface area contributed by atoms with E-state index in [1.165, 1.54) is 11.3 Å². The first-order valence-electron chi connectivity index (χ1n) is 6.45. The number of anilines is 1. The fraction of sp³-hybridized carbons (Fsp3) is 0.214. The molecule has 0 bridgehead atoms. The fourth-order valence-corrected chi connectivity index (χ4v) is 2.98. The lowest BCUT2D eigenvalue weighted by atomic mass is 10.3. The molecule has 2 aromatic heterocycles. The van der Waals surface area contributed by atoms with E-state index in [4.69, 9.17) is 15.2 Å². The first-order valence-corrected chi connectivity index (χ1v) is 7.26. The minimum absolute atomic E-state index is 0.678. The zero-order chi connectivity index (χ0) is 13.5. The summed E-state index contributed by atoms with van der Waals surface area (Å²) in [6, 6.07) is 7.72. The molecule has 0 aliphatic carbocycles. The van der Waals surface area contributed by atoms with Crippen LogP contribution in [0.3, 0.4) is 0 Å². The summed E-state index contributed by atoms with van der Waals surface area (Å²) < 4.78 is 11.4. The maximum Gasteiger partial charge on any atom is 0.163 e. The molecule has 5 nitrogen and oxygen atoms in total. The van der Waals surface area contributed by atoms with E-state index in [-0.39, 0.29) is 0 Å². The molecule has 4 rings (SSSR count). The van der Waals surface area contributed by atoms with Gasteiger partial charge in [-0.2, -0.15) is 0 Å². The Morgan fingerprint density at radius 2 is 1.95 bits per heavy atom. The summed E-state index contributed by atoms with van der Waals surface area (Å²) in [6.07, 6.45) is 0.899. The summed E-state index contributed by atoms with van der Waals surface area (Å²) in [6.45, 7) is 1.36. The molecule has 0 radical (unpaired) electrons. The number of thiophene rings is 1. The lowest BCUT2D eigenvalue weighted by molar-refractivity contribution is 0.297. The molecular formula is C14H13N3O2S. The molecule has 0 fully saturated rings. The van der Waals surface area contributed by atoms with Crippen LogP contribution < -0.4 is 15.2 Å². The van der Waals surface area contributed by atoms with Crippen LogP contribution in [0, 0.1) is 0 Å². The summed E-state index contributed by atoms with van der Waals surface area (Å²) >= 11 is 1.51. The van der Waals surface area contributed by atoms with Crippen LogP contribution in [-0.2, 0) is 0 Å². The molecule has 3 heterocycles. The summed E-state index contributed by atoms with van der Waals surface area (Å²) in [7, 11) is 0. The van der Waals surface area contributed by atoms with Crippen LogP contribution >= 0.6 is 11.3 Å². The van der Waals surface area contributed by atoms with Gasteiger partial charge in [0.2, 0.25) is 0 Å². The standard InChI is InChI=1S/C14H13N3O2S/c15-13-3-2-12(20-13)14-16-8-6-10-11(7-9(8)17-14)19-5-1-4-18-10/h2-3,6-7H,1,4-5,15H2,(H,16,17). The third-order valence-corrected chi connectivity index (χ3v) is 4.13. The normalized spacial score (nSPS) is 14.4. The third-order valence-electron chi connectivity index (χ3n) is 3.21. The average molecular weight is 287 g/mol. The number of nitrogen functional groups attached to an aromatic ring is 1. The molecule has 1 aromatic carbocycles. The van der Waals surface area contributed by atoms with Gasteiger partial charge < -0.3 is 20.2 Å². The highest BCUT2D eigenvalue weighted by Crippen LogP contribution is 2.35. The number of aromatic amines is 1. The Kier molecular flexibility index (Phi) is 2.56. The number of rotatable bonds is 1. The van der Waals surface area contributed by atoms with Crippen molar-refractivity contribution >= 4 is 27.4 Å². The van der Waals surface area contributed by atoms with Crippen molar-refractivity contribution in [1.82, 2.24) is 9.97 Å². The van der Waals surface area contributed by atoms with Crippen LogP contribution in [0.2, 0.25) is 0 Å². The Morgan fingerprint density at radius 3 is 2.70 bits per heavy atom. The van der Waals surface area contributed by atoms with Crippen molar-refractivity contribution in [1.29, 1.82) is 0 Å². The largest absolute Gasteiger partial charge is 0.489 e. The monoisotopic (exact) mass is 287 g/mol. The number of imidazole rings is 1. The predicted molar refractivity (Wildman–Crippen MR) is 79.4 cm³/mol. The van der Waals surface area contributed by atoms with E-state index in [1.807, 2.05) is 24.3 Å². The van der Waals surface area contributed by atoms with Crippen LogP contribution in [0.4, 0.5) is 5.00 Å². The molecule has 0 unspecified atom stereocenters. The SMILES string of the molecule is Nc1ccc(-c2nc3cc4c(cc3[nH]2)OCCCO4)s1. The predicted octanol–water partition coefficient (Wildman–Crippen LogP) is 3.03. The van der Waals surface area contributed by atoms with Gasteiger partial charge in [0.05, 0.1) is 34.1 Å². The number of hydrogen-bond donors (Lipinski definition) is 2. The average Bonchev–Trinajstić information content (AvgIpc) is 2.97. The summed E-state index contributed by atoms with van der Waals surface area (Å²) in [5.74, 6) is 2.36. The van der Waals surface area contributed by atoms with Crippen LogP contribution in [0.5, 0.6) is 11.5 Å². The number of nitrogens with one attached hydrogen (secondary N) is 1. The van der Waals surface area contributed by atoms with Crippen molar-refractivity contribution in [3.63, 3.8) is 0 Å². The number of nitrogens with zero attached hydrogens (tertiary/aromatic N) is 1. The minimum atomic E-state index is 0.678. The van der Waals surface area contributed by atoms with Gasteiger partial charge in [-0.15, -0.1) is 11.3 Å². The molecule has 3 N–H and O–H groups in total. The fourth-order valence-electron chi connectivity index (χ4n) is 2.26. The third kappa shape index (κ3) is 1.89. The Labute approximate surface area is 119 Å². The van der Waals surface area contributed by atoms with Crippen molar-refractivity contribution in [2.75, 3.05) is 18.9 Å². The molecule has 0 atom stereocenters. The zero-order valence-corrected chi connectivity index (χ0v) is 11.5. The van der Waals surface area contributed by atoms with Crippen molar-refractivity contribution in [2.24, 2.45) is 0 Å². The lowest BCUT2D eigenvalue weighted by Crippen LogP contribution is -1.97. The van der Waals surface area contributed by atoms with Gasteiger partial charge in [-0.3, -0.25) is 0 Å². The molecule has 6 heteroatoms. The quantitative estimate of drug-likeness (QED) is 0.721. The molecule has 102 valence electrons. The minimum Gasteiger partial charge on any atom is -0.489 e. The van der Waals surface area contributed by atoms with Crippen molar-refractivity contribution in [3.8, 4) is 22.2 Å². The van der Waals surface area contributed by atoms with E-state index < -0.39 is 0 Å². The van der Waals surface area contributed by atoms with Gasteiger partial charge in [-0.05, 0) is 12.1 Å². The maximum absolute atomic E-state index is 5.76. The Bertz CT molecular complexity index is 735. The van der Waals surface area contributed by atoms with Crippen LogP contribution in [0.1, 0.15) is 6.42 Å². The van der Waals surface area contributed by atoms with E-state index in [2.05, 4.69) is 9.97 Å². The van der Waals surface area contributed by atoms with E-state index >= 15 is 0 Å². The lowest BCUT2D eigenvalue weighted by Gasteiger charge is -2.05. The van der Waals surface area contributed by atoms with Gasteiger partial charge in [-0.1, -0.05) is 0 Å². The van der Waals surface area contributed by atoms with E-state index in [0.717, 1.165) is 44.7 Å². The van der Waals surface area contributed by atoms with Crippen LogP contribution in [0.25, 0.3) is 21.7 Å². The molecule has 0 amide bonds. The number of fused-ring (bicyclic) bond motifs is 2. The molecule has 0 spiro atoms. The Balaban J connectivity index is 1.83. The van der Waals surface area contributed by atoms with E-state index in [9.17, 15) is 0 Å². The molecule has 20 heavy (non-hydrogen) atoms. The second-order valence-electron chi connectivity index (χ2n) is 4.65. The summed E-state index contributed by atoms with van der Waals surface area (Å²) in [4.78, 5) is 8.93. The van der Waals surface area contributed by atoms with E-state index in [0.29, 0.717) is 13.2 Å². The van der Waals surface area contributed by atoms with Crippen LogP contribution in [-0.4, -0.2) is 23.2 Å². The molecule has 3 aromatic rings. The Hall–Kier alpha value is -2.21. The van der Waals surface area contributed by atoms with Gasteiger partial charge in [-0.25, -0.2) is 4.98 Å². The van der Waals surface area contributed by atoms with Crippen LogP contribution in [0.15, 0.2) is 24.3 Å². The summed E-state index contributed by atoms with van der Waals surface area (Å²) in [5, 5.41) is 0.780. The molecule has 1 aliphatic rings. The van der Waals surface area contributed by atoms with Gasteiger partial charge in [0.15, 0.2) is 11.5 Å². The number of hydrogen-bond acceptors (Lipinski definition) is 5. The first-order chi connectivity index (χ1) is 9.79. The zero-order valence-electron chi connectivity index (χ0n) is 10.7. The Morgan fingerprint density at radius 1 is 1.15 bits per heavy atom. The first kappa shape index (κ1) is 11.6. The number of aromatic nitrogens is 2. The van der Waals surface area contributed by atoms with Gasteiger partial charge in [0, 0.05) is 18.6 Å². The topological polar surface area (TPSA) is 73.2 Å². The summed E-state index contributed by atoms with van der Waals surface area (Å²) in [5.41, 5.74) is 7.58. The number of benzene rings is 1. The number of H-pyrrole nitrogens is 1. The van der Waals surface area contributed by atoms with Crippen molar-refractivity contribution in [3.05, 3.63) is 24.3 Å². The second-order valence-corrected chi connectivity index (χ2v) is 5.77. The highest BCUT2D eigenvalue weighted by molar-refractivity contribution is 7.19.